The Hall–Kier alpha value is -3.35. The van der Waals surface area contributed by atoms with Gasteiger partial charge in [0.2, 0.25) is 5.91 Å². The molecule has 162 valence electrons. The van der Waals surface area contributed by atoms with Crippen LogP contribution < -0.4 is 5.73 Å². The number of nitrogens with two attached hydrogens (primary N) is 1. The molecule has 0 bridgehead atoms. The summed E-state index contributed by atoms with van der Waals surface area (Å²) in [6.07, 6.45) is 2.14. The molecule has 1 aliphatic heterocycles. The molecule has 1 aliphatic rings. The SMILES string of the molecule is CC(C)(C)C1CC(n2ncc3c(C(N)=O)cc(-c4ccccc4)cc32)CCN1C(=O)O. The van der Waals surface area contributed by atoms with E-state index in [1.165, 1.54) is 0 Å². The second-order valence-corrected chi connectivity index (χ2v) is 9.31. The van der Waals surface area contributed by atoms with E-state index in [0.29, 0.717) is 24.9 Å². The number of piperidine rings is 1. The Morgan fingerprint density at radius 1 is 1.13 bits per heavy atom. The van der Waals surface area contributed by atoms with E-state index in [-0.39, 0.29) is 17.5 Å². The summed E-state index contributed by atoms with van der Waals surface area (Å²) >= 11 is 0. The second-order valence-electron chi connectivity index (χ2n) is 9.31. The lowest BCUT2D eigenvalue weighted by molar-refractivity contribution is 0.0415. The van der Waals surface area contributed by atoms with Crippen LogP contribution in [0.2, 0.25) is 0 Å². The average Bonchev–Trinajstić information content (AvgIpc) is 3.16. The van der Waals surface area contributed by atoms with Gasteiger partial charge in [0.1, 0.15) is 0 Å². The number of primary amides is 1. The van der Waals surface area contributed by atoms with Crippen molar-refractivity contribution in [2.45, 2.75) is 45.7 Å². The van der Waals surface area contributed by atoms with Crippen molar-refractivity contribution in [1.82, 2.24) is 14.7 Å². The molecule has 2 atom stereocenters. The summed E-state index contributed by atoms with van der Waals surface area (Å²) in [5.74, 6) is -0.490. The van der Waals surface area contributed by atoms with Crippen LogP contribution in [-0.2, 0) is 0 Å². The van der Waals surface area contributed by atoms with Crippen LogP contribution in [-0.4, -0.2) is 44.4 Å². The van der Waals surface area contributed by atoms with Gasteiger partial charge in [-0.1, -0.05) is 51.1 Å². The highest BCUT2D eigenvalue weighted by molar-refractivity contribution is 6.07. The molecule has 2 amide bonds. The first kappa shape index (κ1) is 20.9. The fourth-order valence-corrected chi connectivity index (χ4v) is 4.66. The minimum Gasteiger partial charge on any atom is -0.465 e. The van der Waals surface area contributed by atoms with Crippen LogP contribution in [0, 0.1) is 5.41 Å². The topological polar surface area (TPSA) is 101 Å². The minimum absolute atomic E-state index is 0.0316. The molecule has 7 heteroatoms. The summed E-state index contributed by atoms with van der Waals surface area (Å²) in [5, 5.41) is 15.0. The van der Waals surface area contributed by atoms with Crippen LogP contribution in [0.1, 0.15) is 50.0 Å². The van der Waals surface area contributed by atoms with Crippen LogP contribution in [0.15, 0.2) is 48.7 Å². The van der Waals surface area contributed by atoms with Crippen molar-refractivity contribution in [3.63, 3.8) is 0 Å². The molecular formula is C24H28N4O3. The molecule has 1 fully saturated rings. The maximum Gasteiger partial charge on any atom is 0.407 e. The van der Waals surface area contributed by atoms with Gasteiger partial charge in [0, 0.05) is 18.0 Å². The van der Waals surface area contributed by atoms with E-state index in [4.69, 9.17) is 5.73 Å². The normalized spacial score (nSPS) is 19.5. The predicted molar refractivity (Wildman–Crippen MR) is 120 cm³/mol. The minimum atomic E-state index is -0.883. The number of carbonyl (C=O) groups is 2. The smallest absolute Gasteiger partial charge is 0.407 e. The lowest BCUT2D eigenvalue weighted by Gasteiger charge is -2.44. The number of hydrogen-bond acceptors (Lipinski definition) is 3. The fraction of sp³-hybridized carbons (Fsp3) is 0.375. The third-order valence-electron chi connectivity index (χ3n) is 6.25. The Balaban J connectivity index is 1.80. The van der Waals surface area contributed by atoms with E-state index in [2.05, 4.69) is 25.9 Å². The summed E-state index contributed by atoms with van der Waals surface area (Å²) in [6.45, 7) is 6.64. The van der Waals surface area contributed by atoms with Gasteiger partial charge in [-0.25, -0.2) is 4.79 Å². The van der Waals surface area contributed by atoms with Gasteiger partial charge in [-0.2, -0.15) is 5.10 Å². The number of carboxylic acid groups (broad SMARTS) is 1. The molecule has 4 rings (SSSR count). The fourth-order valence-electron chi connectivity index (χ4n) is 4.66. The summed E-state index contributed by atoms with van der Waals surface area (Å²) in [5.41, 5.74) is 8.68. The molecule has 0 aliphatic carbocycles. The Morgan fingerprint density at radius 3 is 2.45 bits per heavy atom. The van der Waals surface area contributed by atoms with Crippen molar-refractivity contribution < 1.29 is 14.7 Å². The highest BCUT2D eigenvalue weighted by atomic mass is 16.4. The molecule has 7 nitrogen and oxygen atoms in total. The van der Waals surface area contributed by atoms with Crippen molar-refractivity contribution in [1.29, 1.82) is 0 Å². The number of rotatable bonds is 3. The predicted octanol–water partition coefficient (Wildman–Crippen LogP) is 4.53. The van der Waals surface area contributed by atoms with Crippen molar-refractivity contribution in [3.05, 3.63) is 54.2 Å². The third-order valence-corrected chi connectivity index (χ3v) is 6.25. The van der Waals surface area contributed by atoms with Gasteiger partial charge in [0.25, 0.3) is 0 Å². The number of likely N-dealkylation sites (tertiary alicyclic amines) is 1. The summed E-state index contributed by atoms with van der Waals surface area (Å²) < 4.78 is 1.95. The van der Waals surface area contributed by atoms with Gasteiger partial charge in [0.15, 0.2) is 0 Å². The monoisotopic (exact) mass is 420 g/mol. The molecule has 1 aromatic heterocycles. The molecule has 1 saturated heterocycles. The Labute approximate surface area is 181 Å². The van der Waals surface area contributed by atoms with Crippen LogP contribution in [0.4, 0.5) is 4.79 Å². The van der Waals surface area contributed by atoms with E-state index in [0.717, 1.165) is 22.0 Å². The van der Waals surface area contributed by atoms with Crippen molar-refractivity contribution >= 4 is 22.9 Å². The number of nitrogens with zero attached hydrogens (tertiary/aromatic N) is 3. The maximum absolute atomic E-state index is 12.2. The third kappa shape index (κ3) is 3.87. The maximum atomic E-state index is 12.2. The van der Waals surface area contributed by atoms with Crippen molar-refractivity contribution in [3.8, 4) is 11.1 Å². The van der Waals surface area contributed by atoms with Gasteiger partial charge in [-0.3, -0.25) is 9.48 Å². The molecule has 0 saturated carbocycles. The van der Waals surface area contributed by atoms with E-state index < -0.39 is 12.0 Å². The van der Waals surface area contributed by atoms with E-state index in [9.17, 15) is 14.7 Å². The van der Waals surface area contributed by atoms with E-state index >= 15 is 0 Å². The summed E-state index contributed by atoms with van der Waals surface area (Å²) in [4.78, 5) is 25.5. The first-order valence-corrected chi connectivity index (χ1v) is 10.5. The Bertz CT molecular complexity index is 1130. The van der Waals surface area contributed by atoms with Gasteiger partial charge in [-0.15, -0.1) is 0 Å². The molecular weight excluding hydrogens is 392 g/mol. The molecule has 2 unspecified atom stereocenters. The van der Waals surface area contributed by atoms with Crippen molar-refractivity contribution in [2.24, 2.45) is 11.1 Å². The number of hydrogen-bond donors (Lipinski definition) is 2. The molecule has 0 radical (unpaired) electrons. The van der Waals surface area contributed by atoms with Gasteiger partial charge in [-0.05, 0) is 41.5 Å². The molecule has 2 aromatic carbocycles. The van der Waals surface area contributed by atoms with Gasteiger partial charge in [0.05, 0.1) is 23.3 Å². The zero-order valence-electron chi connectivity index (χ0n) is 18.1. The second kappa shape index (κ2) is 7.72. The van der Waals surface area contributed by atoms with Crippen LogP contribution in [0.3, 0.4) is 0 Å². The van der Waals surface area contributed by atoms with Crippen molar-refractivity contribution in [2.75, 3.05) is 6.54 Å². The molecule has 0 spiro atoms. The van der Waals surface area contributed by atoms with Crippen LogP contribution in [0.5, 0.6) is 0 Å². The quantitative estimate of drug-likeness (QED) is 0.650. The van der Waals surface area contributed by atoms with Crippen LogP contribution in [0.25, 0.3) is 22.0 Å². The van der Waals surface area contributed by atoms with E-state index in [1.54, 1.807) is 11.1 Å². The van der Waals surface area contributed by atoms with Gasteiger partial charge >= 0.3 is 6.09 Å². The number of amides is 2. The highest BCUT2D eigenvalue weighted by Gasteiger charge is 2.39. The number of aromatic nitrogens is 2. The largest absolute Gasteiger partial charge is 0.465 e. The number of fused-ring (bicyclic) bond motifs is 1. The zero-order chi connectivity index (χ0) is 22.3. The lowest BCUT2D eigenvalue weighted by Crippen LogP contribution is -2.51. The number of benzene rings is 2. The first-order chi connectivity index (χ1) is 14.7. The van der Waals surface area contributed by atoms with Gasteiger partial charge < -0.3 is 15.7 Å². The molecule has 3 N–H and O–H groups in total. The average molecular weight is 421 g/mol. The first-order valence-electron chi connectivity index (χ1n) is 10.5. The zero-order valence-corrected chi connectivity index (χ0v) is 18.1. The summed E-state index contributed by atoms with van der Waals surface area (Å²) in [6, 6.07) is 13.6. The van der Waals surface area contributed by atoms with Crippen LogP contribution >= 0.6 is 0 Å². The standard InChI is InChI=1S/C24H28N4O3/c1-24(2,3)21-13-17(9-10-27(21)23(30)31)28-20-12-16(15-7-5-4-6-8-15)11-18(22(25)29)19(20)14-26-28/h4-8,11-12,14,17,21H,9-10,13H2,1-3H3,(H2,25,29)(H,30,31). The lowest BCUT2D eigenvalue weighted by atomic mass is 9.79. The Morgan fingerprint density at radius 2 is 1.84 bits per heavy atom. The Kier molecular flexibility index (Phi) is 5.21. The molecule has 31 heavy (non-hydrogen) atoms. The highest BCUT2D eigenvalue weighted by Crippen LogP contribution is 2.38. The molecule has 3 aromatic rings. The number of carbonyl (C=O) groups excluding carboxylic acids is 1. The van der Waals surface area contributed by atoms with E-state index in [1.807, 2.05) is 47.1 Å². The molecule has 2 heterocycles. The summed E-state index contributed by atoms with van der Waals surface area (Å²) in [7, 11) is 0.